The van der Waals surface area contributed by atoms with E-state index in [2.05, 4.69) is 19.6 Å². The maximum absolute atomic E-state index is 7.35. The van der Waals surface area contributed by atoms with E-state index in [0.29, 0.717) is 0 Å². The number of nitrogens with two attached hydrogens (primary N) is 1. The SMILES string of the molecule is CCCC.NCO. The molecular weight excluding hydrogens is 90.1 g/mol. The third kappa shape index (κ3) is 107. The Morgan fingerprint density at radius 2 is 1.43 bits per heavy atom. The van der Waals surface area contributed by atoms with Crippen LogP contribution in [0, 0.1) is 0 Å². The quantitative estimate of drug-likeness (QED) is 0.482. The van der Waals surface area contributed by atoms with Crippen LogP contribution >= 0.6 is 0 Å². The summed E-state index contributed by atoms with van der Waals surface area (Å²) < 4.78 is 0. The summed E-state index contributed by atoms with van der Waals surface area (Å²) in [4.78, 5) is 0. The predicted molar refractivity (Wildman–Crippen MR) is 31.9 cm³/mol. The third-order valence-corrected chi connectivity index (χ3v) is 0.500. The molecule has 0 saturated carbocycles. The average molecular weight is 105 g/mol. The van der Waals surface area contributed by atoms with Crippen LogP contribution in [0.3, 0.4) is 0 Å². The van der Waals surface area contributed by atoms with Crippen molar-refractivity contribution in [3.63, 3.8) is 0 Å². The van der Waals surface area contributed by atoms with Crippen molar-refractivity contribution in [1.82, 2.24) is 0 Å². The van der Waals surface area contributed by atoms with Gasteiger partial charge in [-0.1, -0.05) is 26.7 Å². The molecular formula is C5H15NO. The molecule has 0 spiro atoms. The highest BCUT2D eigenvalue weighted by molar-refractivity contribution is 4.12. The third-order valence-electron chi connectivity index (χ3n) is 0.500. The van der Waals surface area contributed by atoms with Gasteiger partial charge in [0.15, 0.2) is 0 Å². The Labute approximate surface area is 45.3 Å². The number of rotatable bonds is 1. The Hall–Kier alpha value is -0.0800. The minimum absolute atomic E-state index is 0.250. The molecule has 0 aromatic carbocycles. The first kappa shape index (κ1) is 10.0. The van der Waals surface area contributed by atoms with Crippen molar-refractivity contribution in [2.75, 3.05) is 6.73 Å². The van der Waals surface area contributed by atoms with Crippen molar-refractivity contribution < 1.29 is 5.11 Å². The van der Waals surface area contributed by atoms with E-state index in [1.807, 2.05) is 0 Å². The second kappa shape index (κ2) is 16.8. The Bertz CT molecular complexity index is 15.6. The Balaban J connectivity index is 0. The summed E-state index contributed by atoms with van der Waals surface area (Å²) in [6, 6.07) is 0. The van der Waals surface area contributed by atoms with Gasteiger partial charge in [-0.25, -0.2) is 0 Å². The first-order chi connectivity index (χ1) is 3.33. The van der Waals surface area contributed by atoms with Crippen molar-refractivity contribution in [2.45, 2.75) is 26.7 Å². The van der Waals surface area contributed by atoms with Crippen LogP contribution in [0.25, 0.3) is 0 Å². The number of unbranched alkanes of at least 4 members (excludes halogenated alkanes) is 1. The smallest absolute Gasteiger partial charge is 0.0906 e. The minimum Gasteiger partial charge on any atom is -0.382 e. The highest BCUT2D eigenvalue weighted by Gasteiger charge is 1.56. The van der Waals surface area contributed by atoms with Gasteiger partial charge < -0.3 is 10.8 Å². The molecule has 0 unspecified atom stereocenters. The number of hydrogen-bond acceptors (Lipinski definition) is 2. The molecule has 0 aromatic rings. The molecule has 0 bridgehead atoms. The van der Waals surface area contributed by atoms with Crippen LogP contribution < -0.4 is 5.73 Å². The van der Waals surface area contributed by atoms with Crippen molar-refractivity contribution in [3.8, 4) is 0 Å². The van der Waals surface area contributed by atoms with Gasteiger partial charge in [0, 0.05) is 0 Å². The minimum atomic E-state index is -0.250. The molecule has 3 N–H and O–H groups in total. The standard InChI is InChI=1S/C4H10.CH5NO/c1-3-4-2;2-1-3/h3-4H2,1-2H3;3H,1-2H2. The highest BCUT2D eigenvalue weighted by atomic mass is 16.3. The molecule has 0 fully saturated rings. The highest BCUT2D eigenvalue weighted by Crippen LogP contribution is 1.76. The molecule has 0 aromatic heterocycles. The summed E-state index contributed by atoms with van der Waals surface area (Å²) in [5.41, 5.74) is 4.40. The van der Waals surface area contributed by atoms with Gasteiger partial charge in [-0.2, -0.15) is 0 Å². The molecule has 0 atom stereocenters. The number of aliphatic hydroxyl groups excluding tert-OH is 1. The molecule has 0 rings (SSSR count). The summed E-state index contributed by atoms with van der Waals surface area (Å²) in [5.74, 6) is 0. The number of aliphatic hydroxyl groups is 1. The summed E-state index contributed by atoms with van der Waals surface area (Å²) in [6.07, 6.45) is 2.64. The summed E-state index contributed by atoms with van der Waals surface area (Å²) in [6.45, 7) is 4.11. The Morgan fingerprint density at radius 1 is 1.29 bits per heavy atom. The van der Waals surface area contributed by atoms with Crippen LogP contribution in [0.2, 0.25) is 0 Å². The Morgan fingerprint density at radius 3 is 1.43 bits per heavy atom. The predicted octanol–water partition coefficient (Wildman–Crippen LogP) is 0.701. The lowest BCUT2D eigenvalue weighted by Gasteiger charge is -1.68. The summed E-state index contributed by atoms with van der Waals surface area (Å²) in [7, 11) is 0. The average Bonchev–Trinajstić information content (AvgIpc) is 1.69. The topological polar surface area (TPSA) is 46.2 Å². The van der Waals surface area contributed by atoms with Crippen LogP contribution in [0.4, 0.5) is 0 Å². The summed E-state index contributed by atoms with van der Waals surface area (Å²) >= 11 is 0. The molecule has 2 nitrogen and oxygen atoms in total. The van der Waals surface area contributed by atoms with Gasteiger partial charge >= 0.3 is 0 Å². The molecule has 0 aliphatic rings. The van der Waals surface area contributed by atoms with Crippen LogP contribution in [0.1, 0.15) is 26.7 Å². The zero-order chi connectivity index (χ0) is 6.12. The van der Waals surface area contributed by atoms with Gasteiger partial charge in [0.05, 0.1) is 6.73 Å². The maximum Gasteiger partial charge on any atom is 0.0906 e. The van der Waals surface area contributed by atoms with E-state index in [9.17, 15) is 0 Å². The summed E-state index contributed by atoms with van der Waals surface area (Å²) in [5, 5.41) is 7.35. The molecule has 0 aliphatic heterocycles. The van der Waals surface area contributed by atoms with Gasteiger partial charge in [0.25, 0.3) is 0 Å². The van der Waals surface area contributed by atoms with Crippen molar-refractivity contribution in [3.05, 3.63) is 0 Å². The maximum atomic E-state index is 7.35. The molecule has 0 heterocycles. The molecule has 0 radical (unpaired) electrons. The van der Waals surface area contributed by atoms with Gasteiger partial charge in [0.1, 0.15) is 0 Å². The normalized spacial score (nSPS) is 6.86. The van der Waals surface area contributed by atoms with Crippen molar-refractivity contribution in [2.24, 2.45) is 5.73 Å². The van der Waals surface area contributed by atoms with Crippen LogP contribution in [-0.2, 0) is 0 Å². The van der Waals surface area contributed by atoms with E-state index in [0.717, 1.165) is 0 Å². The second-order valence-corrected chi connectivity index (χ2v) is 1.18. The van der Waals surface area contributed by atoms with Gasteiger partial charge in [0.2, 0.25) is 0 Å². The molecule has 0 aliphatic carbocycles. The van der Waals surface area contributed by atoms with Crippen LogP contribution in [0.15, 0.2) is 0 Å². The first-order valence-corrected chi connectivity index (χ1v) is 2.64. The van der Waals surface area contributed by atoms with E-state index < -0.39 is 0 Å². The molecule has 46 valence electrons. The second-order valence-electron chi connectivity index (χ2n) is 1.18. The van der Waals surface area contributed by atoms with Crippen molar-refractivity contribution >= 4 is 0 Å². The fraction of sp³-hybridized carbons (Fsp3) is 1.00. The Kier molecular flexibility index (Phi) is 24.1. The lowest BCUT2D eigenvalue weighted by molar-refractivity contribution is 0.307. The monoisotopic (exact) mass is 105 g/mol. The van der Waals surface area contributed by atoms with E-state index in [-0.39, 0.29) is 6.73 Å². The molecule has 7 heavy (non-hydrogen) atoms. The van der Waals surface area contributed by atoms with Crippen molar-refractivity contribution in [1.29, 1.82) is 0 Å². The molecule has 0 amide bonds. The molecule has 0 saturated heterocycles. The lowest BCUT2D eigenvalue weighted by Crippen LogP contribution is -1.92. The van der Waals surface area contributed by atoms with Gasteiger partial charge in [-0.05, 0) is 0 Å². The van der Waals surface area contributed by atoms with Crippen LogP contribution in [-0.4, -0.2) is 11.8 Å². The fourth-order valence-corrected chi connectivity index (χ4v) is 0. The largest absolute Gasteiger partial charge is 0.382 e. The first-order valence-electron chi connectivity index (χ1n) is 2.64. The van der Waals surface area contributed by atoms with E-state index in [4.69, 9.17) is 5.11 Å². The van der Waals surface area contributed by atoms with Gasteiger partial charge in [-0.15, -0.1) is 0 Å². The zero-order valence-corrected chi connectivity index (χ0v) is 5.15. The zero-order valence-electron chi connectivity index (χ0n) is 5.15. The van der Waals surface area contributed by atoms with Crippen LogP contribution in [0.5, 0.6) is 0 Å². The van der Waals surface area contributed by atoms with Gasteiger partial charge in [-0.3, -0.25) is 0 Å². The fourth-order valence-electron chi connectivity index (χ4n) is 0. The molecule has 2 heteroatoms. The number of hydrogen-bond donors (Lipinski definition) is 2. The lowest BCUT2D eigenvalue weighted by atomic mass is 10.4. The van der Waals surface area contributed by atoms with E-state index in [1.165, 1.54) is 12.8 Å². The van der Waals surface area contributed by atoms with E-state index >= 15 is 0 Å². The van der Waals surface area contributed by atoms with E-state index in [1.54, 1.807) is 0 Å².